The van der Waals surface area contributed by atoms with Crippen molar-refractivity contribution < 1.29 is 9.47 Å². The molecule has 1 aromatic carbocycles. The molecule has 3 unspecified atom stereocenters. The smallest absolute Gasteiger partial charge is 0.164 e. The topological polar surface area (TPSA) is 18.5 Å². The Kier molecular flexibility index (Phi) is 3.08. The summed E-state index contributed by atoms with van der Waals surface area (Å²) in [6, 6.07) is 8.40. The zero-order valence-corrected chi connectivity index (χ0v) is 9.57. The molecule has 0 amide bonds. The van der Waals surface area contributed by atoms with E-state index in [-0.39, 0.29) is 12.4 Å². The highest BCUT2D eigenvalue weighted by Crippen LogP contribution is 2.28. The molecule has 15 heavy (non-hydrogen) atoms. The van der Waals surface area contributed by atoms with E-state index in [1.807, 2.05) is 6.92 Å². The van der Waals surface area contributed by atoms with E-state index in [0.29, 0.717) is 12.5 Å². The van der Waals surface area contributed by atoms with Crippen LogP contribution in [0.4, 0.5) is 0 Å². The van der Waals surface area contributed by atoms with Crippen LogP contribution < -0.4 is 0 Å². The van der Waals surface area contributed by atoms with Crippen molar-refractivity contribution in [3.63, 3.8) is 0 Å². The second-order valence-corrected chi connectivity index (χ2v) is 4.29. The van der Waals surface area contributed by atoms with Gasteiger partial charge in [-0.2, -0.15) is 0 Å². The van der Waals surface area contributed by atoms with Gasteiger partial charge in [-0.3, -0.25) is 0 Å². The lowest BCUT2D eigenvalue weighted by Gasteiger charge is -2.20. The van der Waals surface area contributed by atoms with E-state index >= 15 is 0 Å². The van der Waals surface area contributed by atoms with Crippen LogP contribution in [0.3, 0.4) is 0 Å². The largest absolute Gasteiger partial charge is 0.349 e. The average Bonchev–Trinajstić information content (AvgIpc) is 2.65. The van der Waals surface area contributed by atoms with E-state index in [9.17, 15) is 0 Å². The lowest BCUT2D eigenvalue weighted by atomic mass is 9.96. The highest BCUT2D eigenvalue weighted by molar-refractivity contribution is 5.29. The minimum absolute atomic E-state index is 0.0823. The summed E-state index contributed by atoms with van der Waals surface area (Å²) < 4.78 is 11.3. The molecule has 1 aromatic rings. The molecule has 1 aliphatic heterocycles. The molecule has 2 nitrogen and oxygen atoms in total. The molecular weight excluding hydrogens is 188 g/mol. The second kappa shape index (κ2) is 4.33. The highest BCUT2D eigenvalue weighted by Gasteiger charge is 2.29. The van der Waals surface area contributed by atoms with E-state index in [1.165, 1.54) is 11.1 Å². The molecule has 0 spiro atoms. The molecule has 3 atom stereocenters. The van der Waals surface area contributed by atoms with Gasteiger partial charge in [-0.05, 0) is 25.0 Å². The second-order valence-electron chi connectivity index (χ2n) is 4.29. The summed E-state index contributed by atoms with van der Waals surface area (Å²) in [6.07, 6.45) is 0.141. The maximum atomic E-state index is 5.71. The van der Waals surface area contributed by atoms with Gasteiger partial charge in [0.1, 0.15) is 0 Å². The van der Waals surface area contributed by atoms with Crippen LogP contribution in [0.1, 0.15) is 30.9 Å². The molecule has 0 bridgehead atoms. The Labute approximate surface area is 91.2 Å². The molecule has 1 fully saturated rings. The maximum absolute atomic E-state index is 5.71. The number of hydrogen-bond donors (Lipinski definition) is 0. The number of benzene rings is 1. The molecular formula is C13H18O2. The Morgan fingerprint density at radius 1 is 1.33 bits per heavy atom. The fourth-order valence-corrected chi connectivity index (χ4v) is 2.04. The average molecular weight is 206 g/mol. The van der Waals surface area contributed by atoms with Gasteiger partial charge < -0.3 is 9.47 Å². The molecule has 0 N–H and O–H groups in total. The molecule has 0 aliphatic carbocycles. The van der Waals surface area contributed by atoms with Gasteiger partial charge in [-0.1, -0.05) is 31.2 Å². The first-order valence-electron chi connectivity index (χ1n) is 5.51. The summed E-state index contributed by atoms with van der Waals surface area (Å²) in [4.78, 5) is 0. The Morgan fingerprint density at radius 2 is 2.07 bits per heavy atom. The quantitative estimate of drug-likeness (QED) is 0.740. The Hall–Kier alpha value is -0.860. The third-order valence-electron chi connectivity index (χ3n) is 2.95. The van der Waals surface area contributed by atoms with Crippen LogP contribution in [0.15, 0.2) is 24.3 Å². The molecule has 2 heteroatoms. The van der Waals surface area contributed by atoms with Crippen molar-refractivity contribution in [2.75, 3.05) is 6.61 Å². The van der Waals surface area contributed by atoms with Gasteiger partial charge in [0.05, 0.1) is 12.7 Å². The Morgan fingerprint density at radius 3 is 2.67 bits per heavy atom. The van der Waals surface area contributed by atoms with Gasteiger partial charge in [-0.25, -0.2) is 0 Å². The summed E-state index contributed by atoms with van der Waals surface area (Å²) in [6.45, 7) is 7.04. The molecule has 0 aromatic heterocycles. The van der Waals surface area contributed by atoms with E-state index < -0.39 is 0 Å². The lowest BCUT2D eigenvalue weighted by molar-refractivity contribution is -0.0692. The number of hydrogen-bond acceptors (Lipinski definition) is 2. The van der Waals surface area contributed by atoms with E-state index in [0.717, 1.165) is 0 Å². The van der Waals surface area contributed by atoms with Gasteiger partial charge in [0.25, 0.3) is 0 Å². The van der Waals surface area contributed by atoms with Crippen LogP contribution in [0.2, 0.25) is 0 Å². The molecule has 1 heterocycles. The predicted molar refractivity (Wildman–Crippen MR) is 59.9 cm³/mol. The van der Waals surface area contributed by atoms with Gasteiger partial charge in [-0.15, -0.1) is 0 Å². The molecule has 0 radical (unpaired) electrons. The zero-order valence-electron chi connectivity index (χ0n) is 9.57. The first kappa shape index (κ1) is 10.7. The van der Waals surface area contributed by atoms with Gasteiger partial charge in [0.2, 0.25) is 0 Å². The van der Waals surface area contributed by atoms with Crippen LogP contribution >= 0.6 is 0 Å². The van der Waals surface area contributed by atoms with Gasteiger partial charge in [0, 0.05) is 5.92 Å². The van der Waals surface area contributed by atoms with Crippen molar-refractivity contribution in [1.29, 1.82) is 0 Å². The molecule has 0 saturated carbocycles. The predicted octanol–water partition coefficient (Wildman–Crippen LogP) is 2.86. The number of rotatable bonds is 2. The van der Waals surface area contributed by atoms with Crippen molar-refractivity contribution in [2.24, 2.45) is 0 Å². The van der Waals surface area contributed by atoms with Crippen LogP contribution in [0.25, 0.3) is 0 Å². The summed E-state index contributed by atoms with van der Waals surface area (Å²) >= 11 is 0. The molecule has 1 aliphatic rings. The number of ether oxygens (including phenoxy) is 2. The molecule has 1 saturated heterocycles. The maximum Gasteiger partial charge on any atom is 0.164 e. The summed E-state index contributed by atoms with van der Waals surface area (Å²) in [5.41, 5.74) is 2.62. The number of aryl methyl sites for hydroxylation is 1. The first-order valence-corrected chi connectivity index (χ1v) is 5.51. The fraction of sp³-hybridized carbons (Fsp3) is 0.538. The van der Waals surface area contributed by atoms with Crippen molar-refractivity contribution in [1.82, 2.24) is 0 Å². The van der Waals surface area contributed by atoms with Crippen molar-refractivity contribution >= 4 is 0 Å². The van der Waals surface area contributed by atoms with E-state index in [2.05, 4.69) is 38.1 Å². The molecule has 82 valence electrons. The molecule has 2 rings (SSSR count). The van der Waals surface area contributed by atoms with Crippen LogP contribution in [-0.4, -0.2) is 19.0 Å². The SMILES string of the molecule is Cc1ccccc1C(C)C1OCC(C)O1. The van der Waals surface area contributed by atoms with Crippen molar-refractivity contribution in [3.05, 3.63) is 35.4 Å². The van der Waals surface area contributed by atoms with Crippen molar-refractivity contribution in [2.45, 2.75) is 39.1 Å². The minimum atomic E-state index is -0.0823. The minimum Gasteiger partial charge on any atom is -0.349 e. The zero-order chi connectivity index (χ0) is 10.8. The third-order valence-corrected chi connectivity index (χ3v) is 2.95. The van der Waals surface area contributed by atoms with Crippen LogP contribution in [0, 0.1) is 6.92 Å². The summed E-state index contributed by atoms with van der Waals surface area (Å²) in [5.74, 6) is 0.302. The van der Waals surface area contributed by atoms with Crippen molar-refractivity contribution in [3.8, 4) is 0 Å². The van der Waals surface area contributed by atoms with E-state index in [4.69, 9.17) is 9.47 Å². The normalized spacial score (nSPS) is 27.9. The van der Waals surface area contributed by atoms with E-state index in [1.54, 1.807) is 0 Å². The first-order chi connectivity index (χ1) is 7.18. The standard InChI is InChI=1S/C13H18O2/c1-9-6-4-5-7-12(9)11(3)13-14-8-10(2)15-13/h4-7,10-11,13H,8H2,1-3H3. The van der Waals surface area contributed by atoms with Gasteiger partial charge >= 0.3 is 0 Å². The Bertz CT molecular complexity index is 335. The Balaban J connectivity index is 2.14. The fourth-order valence-electron chi connectivity index (χ4n) is 2.04. The van der Waals surface area contributed by atoms with Crippen LogP contribution in [-0.2, 0) is 9.47 Å². The lowest BCUT2D eigenvalue weighted by Crippen LogP contribution is -2.18. The highest BCUT2D eigenvalue weighted by atomic mass is 16.7. The summed E-state index contributed by atoms with van der Waals surface area (Å²) in [5, 5.41) is 0. The van der Waals surface area contributed by atoms with Crippen LogP contribution in [0.5, 0.6) is 0 Å². The van der Waals surface area contributed by atoms with Gasteiger partial charge in [0.15, 0.2) is 6.29 Å². The monoisotopic (exact) mass is 206 g/mol. The summed E-state index contributed by atoms with van der Waals surface area (Å²) in [7, 11) is 0. The third kappa shape index (κ3) is 2.21.